The van der Waals surface area contributed by atoms with E-state index in [-0.39, 0.29) is 11.9 Å². The molecule has 4 heteroatoms. The van der Waals surface area contributed by atoms with Crippen molar-refractivity contribution in [1.82, 2.24) is 15.2 Å². The van der Waals surface area contributed by atoms with Gasteiger partial charge in [-0.15, -0.1) is 0 Å². The molecule has 0 radical (unpaired) electrons. The first kappa shape index (κ1) is 14.0. The molecule has 19 heavy (non-hydrogen) atoms. The molecule has 1 aliphatic heterocycles. The summed E-state index contributed by atoms with van der Waals surface area (Å²) in [7, 11) is 1.89. The van der Waals surface area contributed by atoms with E-state index in [2.05, 4.69) is 17.2 Å². The first-order valence-corrected chi connectivity index (χ1v) is 7.04. The topological polar surface area (TPSA) is 45.2 Å². The van der Waals surface area contributed by atoms with Crippen LogP contribution in [-0.4, -0.2) is 42.0 Å². The molecule has 1 saturated heterocycles. The Morgan fingerprint density at radius 3 is 2.89 bits per heavy atom. The summed E-state index contributed by atoms with van der Waals surface area (Å²) in [5.41, 5.74) is 1.22. The van der Waals surface area contributed by atoms with E-state index < -0.39 is 0 Å². The average Bonchev–Trinajstić information content (AvgIpc) is 2.45. The molecule has 1 aromatic heterocycles. The lowest BCUT2D eigenvalue weighted by Gasteiger charge is -2.30. The number of nitrogens with zero attached hydrogens (tertiary/aromatic N) is 2. The van der Waals surface area contributed by atoms with Gasteiger partial charge in [0.2, 0.25) is 5.91 Å². The SMILES string of the molecule is CC1CCNC(C(=O)N(C)CCc2ccncc2)C1. The number of likely N-dealkylation sites (N-methyl/N-ethyl adjacent to an activating group) is 1. The van der Waals surface area contributed by atoms with Crippen LogP contribution in [0.4, 0.5) is 0 Å². The molecule has 1 aromatic rings. The number of carbonyl (C=O) groups excluding carboxylic acids is 1. The van der Waals surface area contributed by atoms with E-state index in [1.807, 2.05) is 24.1 Å². The Bertz CT molecular complexity index is 407. The van der Waals surface area contributed by atoms with Gasteiger partial charge in [0, 0.05) is 26.0 Å². The van der Waals surface area contributed by atoms with Crippen LogP contribution >= 0.6 is 0 Å². The van der Waals surface area contributed by atoms with Crippen molar-refractivity contribution in [1.29, 1.82) is 0 Å². The lowest BCUT2D eigenvalue weighted by atomic mass is 9.93. The van der Waals surface area contributed by atoms with E-state index in [0.717, 1.165) is 25.9 Å². The standard InChI is InChI=1S/C15H23N3O/c1-12-3-9-17-14(11-12)15(19)18(2)10-6-13-4-7-16-8-5-13/h4-5,7-8,12,14,17H,3,6,9-11H2,1-2H3. The van der Waals surface area contributed by atoms with Crippen LogP contribution in [-0.2, 0) is 11.2 Å². The zero-order valence-electron chi connectivity index (χ0n) is 11.8. The molecule has 0 saturated carbocycles. The molecular weight excluding hydrogens is 238 g/mol. The van der Waals surface area contributed by atoms with Gasteiger partial charge in [0.25, 0.3) is 0 Å². The third-order valence-electron chi connectivity index (χ3n) is 3.83. The Labute approximate surface area is 115 Å². The summed E-state index contributed by atoms with van der Waals surface area (Å²) in [6.07, 6.45) is 6.60. The van der Waals surface area contributed by atoms with E-state index in [0.29, 0.717) is 5.92 Å². The van der Waals surface area contributed by atoms with Gasteiger partial charge in [0.05, 0.1) is 6.04 Å². The normalized spacial score (nSPS) is 23.1. The quantitative estimate of drug-likeness (QED) is 0.892. The summed E-state index contributed by atoms with van der Waals surface area (Å²) in [5, 5.41) is 3.33. The van der Waals surface area contributed by atoms with Gasteiger partial charge in [-0.05, 0) is 49.4 Å². The van der Waals surface area contributed by atoms with Crippen LogP contribution in [0.25, 0.3) is 0 Å². The largest absolute Gasteiger partial charge is 0.344 e. The molecule has 0 spiro atoms. The van der Waals surface area contributed by atoms with E-state index in [1.54, 1.807) is 12.4 Å². The molecule has 0 bridgehead atoms. The first-order valence-electron chi connectivity index (χ1n) is 7.04. The Kier molecular flexibility index (Phi) is 4.91. The molecule has 0 aromatic carbocycles. The van der Waals surface area contributed by atoms with Crippen molar-refractivity contribution < 1.29 is 4.79 Å². The van der Waals surface area contributed by atoms with Crippen LogP contribution in [0.15, 0.2) is 24.5 Å². The molecule has 2 atom stereocenters. The fraction of sp³-hybridized carbons (Fsp3) is 0.600. The first-order chi connectivity index (χ1) is 9.16. The monoisotopic (exact) mass is 261 g/mol. The fourth-order valence-corrected chi connectivity index (χ4v) is 2.52. The van der Waals surface area contributed by atoms with Gasteiger partial charge < -0.3 is 10.2 Å². The molecule has 1 amide bonds. The van der Waals surface area contributed by atoms with Crippen molar-refractivity contribution in [2.24, 2.45) is 5.92 Å². The number of carbonyl (C=O) groups is 1. The molecule has 2 heterocycles. The molecule has 4 nitrogen and oxygen atoms in total. The Hall–Kier alpha value is -1.42. The minimum atomic E-state index is 0.00573. The maximum atomic E-state index is 12.3. The maximum absolute atomic E-state index is 12.3. The molecule has 2 rings (SSSR count). The maximum Gasteiger partial charge on any atom is 0.239 e. The van der Waals surface area contributed by atoms with Crippen LogP contribution in [0, 0.1) is 5.92 Å². The molecule has 104 valence electrons. The summed E-state index contributed by atoms with van der Waals surface area (Å²) < 4.78 is 0. The fourth-order valence-electron chi connectivity index (χ4n) is 2.52. The second kappa shape index (κ2) is 6.66. The van der Waals surface area contributed by atoms with Crippen molar-refractivity contribution in [3.8, 4) is 0 Å². The molecule has 0 aliphatic carbocycles. The summed E-state index contributed by atoms with van der Waals surface area (Å²) in [6.45, 7) is 3.93. The Morgan fingerprint density at radius 2 is 2.21 bits per heavy atom. The summed E-state index contributed by atoms with van der Waals surface area (Å²) >= 11 is 0. The third-order valence-corrected chi connectivity index (χ3v) is 3.83. The van der Waals surface area contributed by atoms with Crippen molar-refractivity contribution in [2.75, 3.05) is 20.1 Å². The highest BCUT2D eigenvalue weighted by Gasteiger charge is 2.26. The molecule has 1 fully saturated rings. The number of amides is 1. The lowest BCUT2D eigenvalue weighted by molar-refractivity contribution is -0.133. The van der Waals surface area contributed by atoms with Crippen molar-refractivity contribution in [3.63, 3.8) is 0 Å². The second-order valence-electron chi connectivity index (χ2n) is 5.50. The number of hydrogen-bond acceptors (Lipinski definition) is 3. The smallest absolute Gasteiger partial charge is 0.239 e. The highest BCUT2D eigenvalue weighted by atomic mass is 16.2. The average molecular weight is 261 g/mol. The van der Waals surface area contributed by atoms with E-state index >= 15 is 0 Å². The summed E-state index contributed by atoms with van der Waals surface area (Å²) in [4.78, 5) is 18.2. The minimum Gasteiger partial charge on any atom is -0.344 e. The van der Waals surface area contributed by atoms with E-state index in [1.165, 1.54) is 12.0 Å². The van der Waals surface area contributed by atoms with Crippen LogP contribution in [0.1, 0.15) is 25.3 Å². The van der Waals surface area contributed by atoms with Crippen molar-refractivity contribution >= 4 is 5.91 Å². The highest BCUT2D eigenvalue weighted by Crippen LogP contribution is 2.16. The van der Waals surface area contributed by atoms with Gasteiger partial charge in [0.1, 0.15) is 0 Å². The van der Waals surface area contributed by atoms with Crippen LogP contribution < -0.4 is 5.32 Å². The van der Waals surface area contributed by atoms with E-state index in [9.17, 15) is 4.79 Å². The summed E-state index contributed by atoms with van der Waals surface area (Å²) in [6, 6.07) is 4.00. The number of aromatic nitrogens is 1. The number of piperidine rings is 1. The van der Waals surface area contributed by atoms with Crippen LogP contribution in [0.2, 0.25) is 0 Å². The Morgan fingerprint density at radius 1 is 1.47 bits per heavy atom. The molecule has 1 N–H and O–H groups in total. The predicted octanol–water partition coefficient (Wildman–Crippen LogP) is 1.47. The minimum absolute atomic E-state index is 0.00573. The van der Waals surface area contributed by atoms with Gasteiger partial charge in [-0.3, -0.25) is 9.78 Å². The highest BCUT2D eigenvalue weighted by molar-refractivity contribution is 5.81. The van der Waals surface area contributed by atoms with Crippen LogP contribution in [0.3, 0.4) is 0 Å². The second-order valence-corrected chi connectivity index (χ2v) is 5.50. The molecule has 1 aliphatic rings. The zero-order valence-corrected chi connectivity index (χ0v) is 11.8. The van der Waals surface area contributed by atoms with Crippen molar-refractivity contribution in [2.45, 2.75) is 32.2 Å². The van der Waals surface area contributed by atoms with Crippen molar-refractivity contribution in [3.05, 3.63) is 30.1 Å². The van der Waals surface area contributed by atoms with Gasteiger partial charge in [-0.25, -0.2) is 0 Å². The van der Waals surface area contributed by atoms with Gasteiger partial charge in [-0.2, -0.15) is 0 Å². The predicted molar refractivity (Wildman–Crippen MR) is 75.8 cm³/mol. The lowest BCUT2D eigenvalue weighted by Crippen LogP contribution is -2.49. The number of hydrogen-bond donors (Lipinski definition) is 1. The summed E-state index contributed by atoms with van der Waals surface area (Å²) in [5.74, 6) is 0.865. The molecular formula is C15H23N3O. The van der Waals surface area contributed by atoms with Gasteiger partial charge in [-0.1, -0.05) is 6.92 Å². The number of pyridine rings is 1. The number of nitrogens with one attached hydrogen (secondary N) is 1. The Balaban J connectivity index is 1.82. The van der Waals surface area contributed by atoms with E-state index in [4.69, 9.17) is 0 Å². The third kappa shape index (κ3) is 4.03. The van der Waals surface area contributed by atoms with Gasteiger partial charge in [0.15, 0.2) is 0 Å². The zero-order chi connectivity index (χ0) is 13.7. The number of rotatable bonds is 4. The van der Waals surface area contributed by atoms with Crippen LogP contribution in [0.5, 0.6) is 0 Å². The van der Waals surface area contributed by atoms with Gasteiger partial charge >= 0.3 is 0 Å². The molecule has 2 unspecified atom stereocenters.